The van der Waals surface area contributed by atoms with Gasteiger partial charge in [0.2, 0.25) is 0 Å². The van der Waals surface area contributed by atoms with Crippen LogP contribution in [0.2, 0.25) is 5.15 Å². The molecule has 1 aromatic heterocycles. The van der Waals surface area contributed by atoms with Gasteiger partial charge in [0.05, 0.1) is 5.69 Å². The van der Waals surface area contributed by atoms with Crippen LogP contribution >= 0.6 is 27.5 Å². The highest BCUT2D eigenvalue weighted by molar-refractivity contribution is 9.10. The zero-order valence-corrected chi connectivity index (χ0v) is 11.3. The molecule has 3 nitrogen and oxygen atoms in total. The number of anilines is 1. The number of piperidine rings is 1. The summed E-state index contributed by atoms with van der Waals surface area (Å²) >= 11 is 9.40. The van der Waals surface area contributed by atoms with E-state index in [0.29, 0.717) is 5.15 Å². The fourth-order valence-electron chi connectivity index (χ4n) is 1.89. The van der Waals surface area contributed by atoms with Crippen LogP contribution in [0.15, 0.2) is 16.7 Å². The molecule has 1 aliphatic rings. The third kappa shape index (κ3) is 3.34. The summed E-state index contributed by atoms with van der Waals surface area (Å²) in [4.78, 5) is 4.09. The molecule has 0 saturated carbocycles. The molecular weight excluding hydrogens is 289 g/mol. The van der Waals surface area contributed by atoms with Crippen molar-refractivity contribution in [2.45, 2.75) is 12.8 Å². The number of pyridine rings is 1. The Hall–Kier alpha value is -0.320. The number of nitrogens with one attached hydrogen (secondary N) is 2. The van der Waals surface area contributed by atoms with Gasteiger partial charge in [-0.1, -0.05) is 11.6 Å². The van der Waals surface area contributed by atoms with Crippen molar-refractivity contribution in [2.24, 2.45) is 5.92 Å². The first-order valence-electron chi connectivity index (χ1n) is 5.51. The quantitative estimate of drug-likeness (QED) is 0.843. The SMILES string of the molecule is Clc1ncc(Br)cc1NCC1CCNCC1. The molecule has 0 atom stereocenters. The fourth-order valence-corrected chi connectivity index (χ4v) is 2.39. The number of rotatable bonds is 3. The first-order valence-corrected chi connectivity index (χ1v) is 6.68. The van der Waals surface area contributed by atoms with Crippen molar-refractivity contribution in [1.29, 1.82) is 0 Å². The molecule has 16 heavy (non-hydrogen) atoms. The van der Waals surface area contributed by atoms with Gasteiger partial charge in [0.15, 0.2) is 5.15 Å². The number of nitrogens with zero attached hydrogens (tertiary/aromatic N) is 1. The lowest BCUT2D eigenvalue weighted by molar-refractivity contribution is 0.390. The molecule has 0 unspecified atom stereocenters. The summed E-state index contributed by atoms with van der Waals surface area (Å²) in [5, 5.41) is 7.27. The van der Waals surface area contributed by atoms with Gasteiger partial charge in [-0.05, 0) is 53.8 Å². The summed E-state index contributed by atoms with van der Waals surface area (Å²) in [5.74, 6) is 0.733. The molecule has 0 aliphatic carbocycles. The van der Waals surface area contributed by atoms with E-state index in [1.165, 1.54) is 12.8 Å². The van der Waals surface area contributed by atoms with E-state index in [1.807, 2.05) is 6.07 Å². The first kappa shape index (κ1) is 12.1. The summed E-state index contributed by atoms with van der Waals surface area (Å²) in [5.41, 5.74) is 0.912. The average Bonchev–Trinajstić information content (AvgIpc) is 2.32. The van der Waals surface area contributed by atoms with E-state index < -0.39 is 0 Å². The Balaban J connectivity index is 1.90. The van der Waals surface area contributed by atoms with Crippen molar-refractivity contribution < 1.29 is 0 Å². The Bertz CT molecular complexity index is 353. The molecule has 2 heterocycles. The zero-order chi connectivity index (χ0) is 11.4. The van der Waals surface area contributed by atoms with Gasteiger partial charge in [-0.2, -0.15) is 0 Å². The Morgan fingerprint density at radius 1 is 1.50 bits per heavy atom. The van der Waals surface area contributed by atoms with Crippen LogP contribution in [-0.2, 0) is 0 Å². The maximum Gasteiger partial charge on any atom is 0.152 e. The molecular formula is C11H15BrClN3. The predicted molar refractivity (Wildman–Crippen MR) is 71.0 cm³/mol. The normalized spacial score (nSPS) is 17.4. The van der Waals surface area contributed by atoms with Crippen LogP contribution in [0.1, 0.15) is 12.8 Å². The van der Waals surface area contributed by atoms with Crippen LogP contribution in [0.5, 0.6) is 0 Å². The topological polar surface area (TPSA) is 37.0 Å². The Morgan fingerprint density at radius 3 is 3.00 bits per heavy atom. The van der Waals surface area contributed by atoms with Crippen LogP contribution in [-0.4, -0.2) is 24.6 Å². The molecule has 1 aromatic rings. The van der Waals surface area contributed by atoms with Crippen molar-refractivity contribution in [2.75, 3.05) is 25.0 Å². The molecule has 1 saturated heterocycles. The molecule has 0 amide bonds. The van der Waals surface area contributed by atoms with Gasteiger partial charge in [-0.3, -0.25) is 0 Å². The van der Waals surface area contributed by atoms with Crippen molar-refractivity contribution in [3.63, 3.8) is 0 Å². The second-order valence-electron chi connectivity index (χ2n) is 4.07. The highest BCUT2D eigenvalue weighted by atomic mass is 79.9. The molecule has 1 aliphatic heterocycles. The molecule has 1 fully saturated rings. The molecule has 0 spiro atoms. The molecule has 0 radical (unpaired) electrons. The molecule has 0 bridgehead atoms. The lowest BCUT2D eigenvalue weighted by Crippen LogP contribution is -2.31. The van der Waals surface area contributed by atoms with E-state index in [-0.39, 0.29) is 0 Å². The Labute approximate surface area is 109 Å². The Morgan fingerprint density at radius 2 is 2.25 bits per heavy atom. The minimum absolute atomic E-state index is 0.539. The van der Waals surface area contributed by atoms with Gasteiger partial charge < -0.3 is 10.6 Å². The van der Waals surface area contributed by atoms with Crippen LogP contribution in [0.4, 0.5) is 5.69 Å². The first-order chi connectivity index (χ1) is 7.75. The lowest BCUT2D eigenvalue weighted by atomic mass is 9.98. The monoisotopic (exact) mass is 303 g/mol. The van der Waals surface area contributed by atoms with E-state index in [9.17, 15) is 0 Å². The van der Waals surface area contributed by atoms with Crippen LogP contribution in [0.25, 0.3) is 0 Å². The summed E-state index contributed by atoms with van der Waals surface area (Å²) < 4.78 is 0.949. The number of halogens is 2. The summed E-state index contributed by atoms with van der Waals surface area (Å²) in [7, 11) is 0. The van der Waals surface area contributed by atoms with E-state index >= 15 is 0 Å². The van der Waals surface area contributed by atoms with E-state index in [4.69, 9.17) is 11.6 Å². The second kappa shape index (κ2) is 5.84. The largest absolute Gasteiger partial charge is 0.382 e. The summed E-state index contributed by atoms with van der Waals surface area (Å²) in [6.45, 7) is 3.22. The van der Waals surface area contributed by atoms with Crippen LogP contribution in [0, 0.1) is 5.92 Å². The maximum atomic E-state index is 6.01. The van der Waals surface area contributed by atoms with Gasteiger partial charge in [0.1, 0.15) is 0 Å². The number of hydrogen-bond donors (Lipinski definition) is 2. The molecule has 88 valence electrons. The van der Waals surface area contributed by atoms with Crippen molar-refractivity contribution in [1.82, 2.24) is 10.3 Å². The van der Waals surface area contributed by atoms with Crippen LogP contribution in [0.3, 0.4) is 0 Å². The minimum Gasteiger partial charge on any atom is -0.382 e. The highest BCUT2D eigenvalue weighted by Crippen LogP contribution is 2.23. The molecule has 0 aromatic carbocycles. The summed E-state index contributed by atoms with van der Waals surface area (Å²) in [6, 6.07) is 1.97. The number of aromatic nitrogens is 1. The minimum atomic E-state index is 0.539. The van der Waals surface area contributed by atoms with E-state index in [0.717, 1.165) is 35.7 Å². The highest BCUT2D eigenvalue weighted by Gasteiger charge is 2.13. The maximum absolute atomic E-state index is 6.01. The number of hydrogen-bond acceptors (Lipinski definition) is 3. The fraction of sp³-hybridized carbons (Fsp3) is 0.545. The molecule has 2 N–H and O–H groups in total. The van der Waals surface area contributed by atoms with Crippen molar-refractivity contribution in [3.05, 3.63) is 21.9 Å². The van der Waals surface area contributed by atoms with Crippen LogP contribution < -0.4 is 10.6 Å². The third-order valence-electron chi connectivity index (χ3n) is 2.85. The zero-order valence-electron chi connectivity index (χ0n) is 8.97. The second-order valence-corrected chi connectivity index (χ2v) is 5.34. The van der Waals surface area contributed by atoms with Gasteiger partial charge in [0.25, 0.3) is 0 Å². The van der Waals surface area contributed by atoms with Crippen molar-refractivity contribution >= 4 is 33.2 Å². The van der Waals surface area contributed by atoms with Gasteiger partial charge in [-0.25, -0.2) is 4.98 Å². The standard InChI is InChI=1S/C11H15BrClN3/c12-9-5-10(11(13)16-7-9)15-6-8-1-3-14-4-2-8/h5,7-8,14-15H,1-4,6H2. The Kier molecular flexibility index (Phi) is 4.44. The molecule has 2 rings (SSSR count). The van der Waals surface area contributed by atoms with E-state index in [2.05, 4.69) is 31.5 Å². The van der Waals surface area contributed by atoms with Gasteiger partial charge >= 0.3 is 0 Å². The summed E-state index contributed by atoms with van der Waals surface area (Å²) in [6.07, 6.45) is 4.16. The average molecular weight is 305 g/mol. The smallest absolute Gasteiger partial charge is 0.152 e. The van der Waals surface area contributed by atoms with E-state index in [1.54, 1.807) is 6.20 Å². The third-order valence-corrected chi connectivity index (χ3v) is 3.58. The molecule has 5 heteroatoms. The van der Waals surface area contributed by atoms with Gasteiger partial charge in [-0.15, -0.1) is 0 Å². The van der Waals surface area contributed by atoms with Crippen molar-refractivity contribution in [3.8, 4) is 0 Å². The van der Waals surface area contributed by atoms with Gasteiger partial charge in [0, 0.05) is 17.2 Å². The lowest BCUT2D eigenvalue weighted by Gasteiger charge is -2.23. The predicted octanol–water partition coefficient (Wildman–Crippen LogP) is 2.91.